The molecule has 0 heterocycles. The number of halogens is 5. The largest absolute Gasteiger partial charge is 0.248 e. The summed E-state index contributed by atoms with van der Waals surface area (Å²) >= 11 is 14.7. The fourth-order valence-corrected chi connectivity index (χ4v) is 0.262. The second-order valence-corrected chi connectivity index (χ2v) is 3.53. The lowest BCUT2D eigenvalue weighted by molar-refractivity contribution is 0.264. The number of rotatable bonds is 1. The van der Waals surface area contributed by atoms with E-state index >= 15 is 0 Å². The molecule has 0 saturated carbocycles. The van der Waals surface area contributed by atoms with Crippen LogP contribution in [0.25, 0.3) is 0 Å². The van der Waals surface area contributed by atoms with Crippen LogP contribution in [-0.2, 0) is 0 Å². The van der Waals surface area contributed by atoms with Crippen LogP contribution in [-0.4, -0.2) is 16.6 Å². The minimum atomic E-state index is -2.12. The van der Waals surface area contributed by atoms with E-state index in [4.69, 9.17) is 34.8 Å². The third-order valence-corrected chi connectivity index (χ3v) is 1.20. The topological polar surface area (TPSA) is 0 Å². The van der Waals surface area contributed by atoms with Gasteiger partial charge in [-0.15, -0.1) is 0 Å². The lowest BCUT2D eigenvalue weighted by Gasteiger charge is -2.11. The van der Waals surface area contributed by atoms with Gasteiger partial charge in [0.2, 0.25) is 3.79 Å². The standard InChI is InChI=1S/C3H3Cl3F2/c4-3(5,6)2(8)1-7/h2H,1H2. The molecule has 0 aliphatic heterocycles. The van der Waals surface area contributed by atoms with Gasteiger partial charge in [-0.25, -0.2) is 8.78 Å². The molecule has 0 fully saturated rings. The van der Waals surface area contributed by atoms with Crippen molar-refractivity contribution in [3.05, 3.63) is 0 Å². The molecule has 0 aliphatic carbocycles. The zero-order valence-corrected chi connectivity index (χ0v) is 5.94. The Morgan fingerprint density at radius 1 is 1.38 bits per heavy atom. The third kappa shape index (κ3) is 2.90. The first kappa shape index (κ1) is 8.73. The molecule has 0 amide bonds. The van der Waals surface area contributed by atoms with Crippen molar-refractivity contribution in [2.24, 2.45) is 0 Å². The van der Waals surface area contributed by atoms with Crippen LogP contribution in [0, 0.1) is 0 Å². The molecular weight excluding hydrogens is 180 g/mol. The molecule has 5 heteroatoms. The molecule has 0 aliphatic rings. The summed E-state index contributed by atoms with van der Waals surface area (Å²) in [6.45, 7) is -1.27. The summed E-state index contributed by atoms with van der Waals surface area (Å²) in [7, 11) is 0. The fraction of sp³-hybridized carbons (Fsp3) is 1.00. The quantitative estimate of drug-likeness (QED) is 0.548. The average molecular weight is 183 g/mol. The monoisotopic (exact) mass is 182 g/mol. The van der Waals surface area contributed by atoms with E-state index in [0.717, 1.165) is 0 Å². The molecule has 0 radical (unpaired) electrons. The highest BCUT2D eigenvalue weighted by atomic mass is 35.6. The Labute approximate surface area is 60.7 Å². The SMILES string of the molecule is FCC(F)C(Cl)(Cl)Cl. The number of alkyl halides is 5. The van der Waals surface area contributed by atoms with Crippen molar-refractivity contribution in [2.75, 3.05) is 6.67 Å². The Morgan fingerprint density at radius 2 is 1.75 bits per heavy atom. The Morgan fingerprint density at radius 3 is 1.75 bits per heavy atom. The van der Waals surface area contributed by atoms with Crippen molar-refractivity contribution in [3.8, 4) is 0 Å². The smallest absolute Gasteiger partial charge is 0.223 e. The minimum Gasteiger partial charge on any atom is -0.248 e. The van der Waals surface area contributed by atoms with E-state index in [1.165, 1.54) is 0 Å². The molecule has 0 N–H and O–H groups in total. The van der Waals surface area contributed by atoms with Crippen LogP contribution in [0.2, 0.25) is 0 Å². The summed E-state index contributed by atoms with van der Waals surface area (Å²) in [5.74, 6) is 0. The van der Waals surface area contributed by atoms with Gasteiger partial charge in [0.1, 0.15) is 6.67 Å². The Hall–Kier alpha value is 0.730. The van der Waals surface area contributed by atoms with Crippen molar-refractivity contribution < 1.29 is 8.78 Å². The van der Waals surface area contributed by atoms with Gasteiger partial charge in [0.15, 0.2) is 6.17 Å². The Bertz CT molecular complexity index is 69.4. The van der Waals surface area contributed by atoms with Gasteiger partial charge in [-0.3, -0.25) is 0 Å². The molecule has 0 spiro atoms. The van der Waals surface area contributed by atoms with Crippen molar-refractivity contribution in [1.82, 2.24) is 0 Å². The predicted octanol–water partition coefficient (Wildman–Crippen LogP) is 2.66. The van der Waals surface area contributed by atoms with Crippen molar-refractivity contribution in [2.45, 2.75) is 9.96 Å². The normalized spacial score (nSPS) is 16.1. The zero-order chi connectivity index (χ0) is 6.78. The average Bonchev–Trinajstić information content (AvgIpc) is 1.62. The van der Waals surface area contributed by atoms with E-state index in [1.54, 1.807) is 0 Å². The van der Waals surface area contributed by atoms with Gasteiger partial charge in [-0.2, -0.15) is 0 Å². The summed E-state index contributed by atoms with van der Waals surface area (Å²) in [5, 5.41) is 0. The molecule has 0 bridgehead atoms. The van der Waals surface area contributed by atoms with E-state index in [0.29, 0.717) is 0 Å². The van der Waals surface area contributed by atoms with Gasteiger partial charge < -0.3 is 0 Å². The Kier molecular flexibility index (Phi) is 3.32. The van der Waals surface area contributed by atoms with Crippen molar-refractivity contribution in [3.63, 3.8) is 0 Å². The van der Waals surface area contributed by atoms with E-state index in [9.17, 15) is 8.78 Å². The van der Waals surface area contributed by atoms with Crippen LogP contribution in [0.1, 0.15) is 0 Å². The van der Waals surface area contributed by atoms with E-state index in [2.05, 4.69) is 0 Å². The van der Waals surface area contributed by atoms with Crippen LogP contribution >= 0.6 is 34.8 Å². The second kappa shape index (κ2) is 3.04. The Balaban J connectivity index is 3.62. The summed E-state index contributed by atoms with van der Waals surface area (Å²) in [6, 6.07) is 0. The van der Waals surface area contributed by atoms with Crippen LogP contribution in [0.5, 0.6) is 0 Å². The molecule has 0 nitrogen and oxygen atoms in total. The second-order valence-electron chi connectivity index (χ2n) is 1.16. The highest BCUT2D eigenvalue weighted by Gasteiger charge is 2.32. The van der Waals surface area contributed by atoms with Crippen molar-refractivity contribution in [1.29, 1.82) is 0 Å². The first-order chi connectivity index (χ1) is 3.48. The van der Waals surface area contributed by atoms with Gasteiger partial charge in [0.05, 0.1) is 0 Å². The maximum absolute atomic E-state index is 11.9. The van der Waals surface area contributed by atoms with Crippen molar-refractivity contribution >= 4 is 34.8 Å². The van der Waals surface area contributed by atoms with Gasteiger partial charge in [-0.05, 0) is 0 Å². The van der Waals surface area contributed by atoms with E-state index in [-0.39, 0.29) is 0 Å². The summed E-state index contributed by atoms with van der Waals surface area (Å²) in [4.78, 5) is 0. The molecule has 8 heavy (non-hydrogen) atoms. The van der Waals surface area contributed by atoms with Crippen LogP contribution < -0.4 is 0 Å². The van der Waals surface area contributed by atoms with Crippen LogP contribution in [0.3, 0.4) is 0 Å². The highest BCUT2D eigenvalue weighted by molar-refractivity contribution is 6.68. The zero-order valence-electron chi connectivity index (χ0n) is 3.67. The van der Waals surface area contributed by atoms with Crippen LogP contribution in [0.4, 0.5) is 8.78 Å². The maximum Gasteiger partial charge on any atom is 0.223 e. The molecule has 0 aromatic rings. The molecule has 1 atom stereocenters. The first-order valence-electron chi connectivity index (χ1n) is 1.75. The van der Waals surface area contributed by atoms with Crippen LogP contribution in [0.15, 0.2) is 0 Å². The van der Waals surface area contributed by atoms with Gasteiger partial charge >= 0.3 is 0 Å². The molecule has 0 aromatic carbocycles. The lowest BCUT2D eigenvalue weighted by Crippen LogP contribution is -2.22. The third-order valence-electron chi connectivity index (χ3n) is 0.491. The number of hydrogen-bond donors (Lipinski definition) is 0. The van der Waals surface area contributed by atoms with Gasteiger partial charge in [0, 0.05) is 0 Å². The minimum absolute atomic E-state index is 1.27. The highest BCUT2D eigenvalue weighted by Crippen LogP contribution is 2.32. The van der Waals surface area contributed by atoms with Gasteiger partial charge in [-0.1, -0.05) is 34.8 Å². The van der Waals surface area contributed by atoms with E-state index in [1.807, 2.05) is 0 Å². The molecule has 50 valence electrons. The summed E-state index contributed by atoms with van der Waals surface area (Å²) in [5.41, 5.74) is 0. The first-order valence-corrected chi connectivity index (χ1v) is 2.88. The molecule has 0 saturated heterocycles. The number of hydrogen-bond acceptors (Lipinski definition) is 0. The molecule has 0 rings (SSSR count). The molecule has 0 aromatic heterocycles. The summed E-state index contributed by atoms with van der Waals surface area (Å²) < 4.78 is 21.0. The van der Waals surface area contributed by atoms with Gasteiger partial charge in [0.25, 0.3) is 0 Å². The predicted molar refractivity (Wildman–Crippen MR) is 31.2 cm³/mol. The molecule has 1 unspecified atom stereocenters. The van der Waals surface area contributed by atoms with E-state index < -0.39 is 16.6 Å². The lowest BCUT2D eigenvalue weighted by atomic mass is 10.5. The maximum atomic E-state index is 11.9. The summed E-state index contributed by atoms with van der Waals surface area (Å²) in [6.07, 6.45) is -2.02. The molecular formula is C3H3Cl3F2. The fourth-order valence-electron chi connectivity index (χ4n) is 0.0875.